The predicted octanol–water partition coefficient (Wildman–Crippen LogP) is 5.36. The number of amides is 1. The van der Waals surface area contributed by atoms with E-state index >= 15 is 0 Å². The van der Waals surface area contributed by atoms with E-state index in [1.54, 1.807) is 18.2 Å². The highest BCUT2D eigenvalue weighted by Crippen LogP contribution is 2.26. The number of carbonyl (C=O) groups excluding carboxylic acids is 1. The molecule has 1 amide bonds. The molecule has 2 nitrogen and oxygen atoms in total. The maximum absolute atomic E-state index is 12.2. The molecule has 1 atom stereocenters. The molecule has 2 aromatic carbocycles. The molecule has 104 valence electrons. The van der Waals surface area contributed by atoms with Gasteiger partial charge in [0.2, 0.25) is 0 Å². The third kappa shape index (κ3) is 3.62. The number of benzene rings is 2. The molecular formula is C15H12Br2ClNO. The Morgan fingerprint density at radius 1 is 1.15 bits per heavy atom. The van der Waals surface area contributed by atoms with Crippen LogP contribution >= 0.6 is 43.5 Å². The Bertz CT molecular complexity index is 628. The summed E-state index contributed by atoms with van der Waals surface area (Å²) >= 11 is 12.8. The molecule has 0 spiro atoms. The van der Waals surface area contributed by atoms with Crippen LogP contribution in [0.3, 0.4) is 0 Å². The Labute approximate surface area is 139 Å². The van der Waals surface area contributed by atoms with E-state index in [0.717, 1.165) is 10.0 Å². The van der Waals surface area contributed by atoms with Gasteiger partial charge < -0.3 is 5.32 Å². The van der Waals surface area contributed by atoms with Gasteiger partial charge in [0.05, 0.1) is 16.6 Å². The van der Waals surface area contributed by atoms with Crippen molar-refractivity contribution in [1.29, 1.82) is 0 Å². The Kier molecular flexibility index (Phi) is 5.24. The number of halogens is 3. The summed E-state index contributed by atoms with van der Waals surface area (Å²) in [6.45, 7) is 1.94. The summed E-state index contributed by atoms with van der Waals surface area (Å²) in [5.74, 6) is -0.188. The van der Waals surface area contributed by atoms with Gasteiger partial charge in [-0.3, -0.25) is 4.79 Å². The van der Waals surface area contributed by atoms with Crippen molar-refractivity contribution in [3.05, 3.63) is 67.6 Å². The van der Waals surface area contributed by atoms with Gasteiger partial charge >= 0.3 is 0 Å². The van der Waals surface area contributed by atoms with E-state index in [0.29, 0.717) is 15.1 Å². The van der Waals surface area contributed by atoms with Crippen LogP contribution in [0, 0.1) is 0 Å². The number of hydrogen-bond donors (Lipinski definition) is 1. The average molecular weight is 418 g/mol. The minimum absolute atomic E-state index is 0.0920. The van der Waals surface area contributed by atoms with E-state index in [2.05, 4.69) is 37.2 Å². The molecule has 2 aromatic rings. The van der Waals surface area contributed by atoms with Crippen molar-refractivity contribution in [2.24, 2.45) is 0 Å². The van der Waals surface area contributed by atoms with Crippen LogP contribution in [0.2, 0.25) is 5.02 Å². The zero-order chi connectivity index (χ0) is 14.7. The molecule has 0 saturated carbocycles. The molecule has 0 aliphatic carbocycles. The van der Waals surface area contributed by atoms with E-state index in [1.165, 1.54) is 0 Å². The van der Waals surface area contributed by atoms with Gasteiger partial charge in [-0.2, -0.15) is 0 Å². The van der Waals surface area contributed by atoms with Crippen molar-refractivity contribution < 1.29 is 4.79 Å². The number of nitrogens with one attached hydrogen (secondary N) is 1. The monoisotopic (exact) mass is 415 g/mol. The van der Waals surface area contributed by atoms with E-state index < -0.39 is 0 Å². The van der Waals surface area contributed by atoms with Crippen molar-refractivity contribution in [2.75, 3.05) is 0 Å². The van der Waals surface area contributed by atoms with Crippen LogP contribution in [0.5, 0.6) is 0 Å². The number of rotatable bonds is 3. The van der Waals surface area contributed by atoms with Crippen LogP contribution in [-0.2, 0) is 0 Å². The summed E-state index contributed by atoms with van der Waals surface area (Å²) in [6, 6.07) is 13.0. The van der Waals surface area contributed by atoms with Gasteiger partial charge in [0, 0.05) is 8.95 Å². The third-order valence-electron chi connectivity index (χ3n) is 2.91. The van der Waals surface area contributed by atoms with Crippen molar-refractivity contribution in [1.82, 2.24) is 5.32 Å². The number of hydrogen-bond acceptors (Lipinski definition) is 1. The summed E-state index contributed by atoms with van der Waals surface area (Å²) < 4.78 is 1.72. The molecule has 0 aliphatic heterocycles. The standard InChI is InChI=1S/C15H12Br2ClNO/c1-9(10-5-7-11(16)8-6-10)19-15(20)12-3-2-4-13(17)14(12)18/h2-9H,1H3,(H,19,20)/t9-/m0/s1. The van der Waals surface area contributed by atoms with Crippen molar-refractivity contribution in [2.45, 2.75) is 13.0 Å². The quantitative estimate of drug-likeness (QED) is 0.716. The highest BCUT2D eigenvalue weighted by molar-refractivity contribution is 9.10. The first kappa shape index (κ1) is 15.5. The highest BCUT2D eigenvalue weighted by Gasteiger charge is 2.15. The van der Waals surface area contributed by atoms with Gasteiger partial charge in [0.25, 0.3) is 5.91 Å². The normalized spacial score (nSPS) is 12.0. The first-order valence-corrected chi connectivity index (χ1v) is 7.96. The smallest absolute Gasteiger partial charge is 0.253 e. The van der Waals surface area contributed by atoms with Crippen LogP contribution in [0.15, 0.2) is 51.4 Å². The topological polar surface area (TPSA) is 29.1 Å². The van der Waals surface area contributed by atoms with E-state index in [-0.39, 0.29) is 11.9 Å². The second kappa shape index (κ2) is 6.74. The van der Waals surface area contributed by atoms with E-state index in [9.17, 15) is 4.79 Å². The Morgan fingerprint density at radius 2 is 1.80 bits per heavy atom. The maximum Gasteiger partial charge on any atom is 0.253 e. The lowest BCUT2D eigenvalue weighted by Crippen LogP contribution is -2.26. The third-order valence-corrected chi connectivity index (χ3v) is 4.74. The molecular weight excluding hydrogens is 405 g/mol. The van der Waals surface area contributed by atoms with Crippen molar-refractivity contribution >= 4 is 49.4 Å². The summed E-state index contributed by atoms with van der Waals surface area (Å²) in [6.07, 6.45) is 0. The molecule has 0 fully saturated rings. The number of carbonyl (C=O) groups is 1. The lowest BCUT2D eigenvalue weighted by Gasteiger charge is -2.15. The van der Waals surface area contributed by atoms with Gasteiger partial charge in [-0.1, -0.05) is 45.7 Å². The van der Waals surface area contributed by atoms with Crippen LogP contribution in [0.1, 0.15) is 28.9 Å². The summed E-state index contributed by atoms with van der Waals surface area (Å²) in [7, 11) is 0. The average Bonchev–Trinajstić information content (AvgIpc) is 2.42. The zero-order valence-electron chi connectivity index (χ0n) is 10.7. The van der Waals surface area contributed by atoms with Crippen molar-refractivity contribution in [3.8, 4) is 0 Å². The first-order valence-electron chi connectivity index (χ1n) is 5.99. The van der Waals surface area contributed by atoms with Gasteiger partial charge in [-0.15, -0.1) is 0 Å². The minimum Gasteiger partial charge on any atom is -0.345 e. The van der Waals surface area contributed by atoms with E-state index in [4.69, 9.17) is 11.6 Å². The molecule has 0 aromatic heterocycles. The van der Waals surface area contributed by atoms with Crippen molar-refractivity contribution in [3.63, 3.8) is 0 Å². The van der Waals surface area contributed by atoms with Gasteiger partial charge in [-0.25, -0.2) is 0 Å². The molecule has 5 heteroatoms. The fourth-order valence-electron chi connectivity index (χ4n) is 1.79. The molecule has 2 rings (SSSR count). The predicted molar refractivity (Wildman–Crippen MR) is 89.2 cm³/mol. The lowest BCUT2D eigenvalue weighted by atomic mass is 10.1. The van der Waals surface area contributed by atoms with Crippen LogP contribution in [-0.4, -0.2) is 5.91 Å². The zero-order valence-corrected chi connectivity index (χ0v) is 14.6. The molecule has 1 N–H and O–H groups in total. The molecule has 0 aliphatic rings. The molecule has 0 radical (unpaired) electrons. The minimum atomic E-state index is -0.188. The largest absolute Gasteiger partial charge is 0.345 e. The van der Waals surface area contributed by atoms with E-state index in [1.807, 2.05) is 31.2 Å². The summed E-state index contributed by atoms with van der Waals surface area (Å²) in [4.78, 5) is 12.2. The Hall–Kier alpha value is -0.840. The Morgan fingerprint density at radius 3 is 2.45 bits per heavy atom. The van der Waals surface area contributed by atoms with Gasteiger partial charge in [0.1, 0.15) is 0 Å². The Balaban J connectivity index is 2.15. The fraction of sp³-hybridized carbons (Fsp3) is 0.133. The lowest BCUT2D eigenvalue weighted by molar-refractivity contribution is 0.0940. The van der Waals surface area contributed by atoms with Gasteiger partial charge in [-0.05, 0) is 52.7 Å². The SMILES string of the molecule is C[C@H](NC(=O)c1cccc(Br)c1Cl)c1ccc(Br)cc1. The molecule has 0 unspecified atom stereocenters. The highest BCUT2D eigenvalue weighted by atomic mass is 79.9. The summed E-state index contributed by atoms with van der Waals surface area (Å²) in [5, 5.41) is 3.36. The summed E-state index contributed by atoms with van der Waals surface area (Å²) in [5.41, 5.74) is 1.50. The van der Waals surface area contributed by atoms with Crippen LogP contribution in [0.25, 0.3) is 0 Å². The fourth-order valence-corrected chi connectivity index (χ4v) is 2.63. The van der Waals surface area contributed by atoms with Crippen LogP contribution in [0.4, 0.5) is 0 Å². The molecule has 20 heavy (non-hydrogen) atoms. The van der Waals surface area contributed by atoms with Crippen LogP contribution < -0.4 is 5.32 Å². The molecule has 0 saturated heterocycles. The molecule has 0 bridgehead atoms. The second-order valence-corrected chi connectivity index (χ2v) is 6.50. The molecule has 0 heterocycles. The maximum atomic E-state index is 12.2. The first-order chi connectivity index (χ1) is 9.49. The van der Waals surface area contributed by atoms with Gasteiger partial charge in [0.15, 0.2) is 0 Å². The second-order valence-electron chi connectivity index (χ2n) is 4.35.